The molecule has 7 nitrogen and oxygen atoms in total. The number of nitrogens with one attached hydrogen (secondary N) is 1. The molecule has 5 rings (SSSR count). The van der Waals surface area contributed by atoms with Crippen LogP contribution in [-0.2, 0) is 5.41 Å². The molecule has 1 saturated heterocycles. The second-order valence-corrected chi connectivity index (χ2v) is 12.7. The average Bonchev–Trinajstić information content (AvgIpc) is 3.44. The van der Waals surface area contributed by atoms with Crippen molar-refractivity contribution >= 4 is 17.8 Å². The van der Waals surface area contributed by atoms with Gasteiger partial charge in [0.1, 0.15) is 5.82 Å². The predicted octanol–water partition coefficient (Wildman–Crippen LogP) is 5.47. The molecular formula is C31H46N6O. The van der Waals surface area contributed by atoms with Crippen LogP contribution in [0.4, 0.5) is 16.6 Å². The molecule has 0 unspecified atom stereocenters. The Morgan fingerprint density at radius 2 is 1.71 bits per heavy atom. The molecule has 2 aliphatic carbocycles. The van der Waals surface area contributed by atoms with Gasteiger partial charge in [0.2, 0.25) is 5.95 Å². The summed E-state index contributed by atoms with van der Waals surface area (Å²) in [6.07, 6.45) is 12.3. The molecule has 0 bridgehead atoms. The van der Waals surface area contributed by atoms with Crippen LogP contribution in [0.2, 0.25) is 0 Å². The molecule has 0 atom stereocenters. The maximum Gasteiger partial charge on any atom is 0.323 e. The van der Waals surface area contributed by atoms with Crippen LogP contribution in [0.1, 0.15) is 70.3 Å². The van der Waals surface area contributed by atoms with Crippen LogP contribution >= 0.6 is 0 Å². The van der Waals surface area contributed by atoms with Crippen LogP contribution in [0.3, 0.4) is 0 Å². The Labute approximate surface area is 229 Å². The van der Waals surface area contributed by atoms with Gasteiger partial charge in [-0.15, -0.1) is 0 Å². The molecule has 0 radical (unpaired) electrons. The summed E-state index contributed by atoms with van der Waals surface area (Å²) < 4.78 is 0. The van der Waals surface area contributed by atoms with Crippen molar-refractivity contribution in [3.63, 3.8) is 0 Å². The van der Waals surface area contributed by atoms with Crippen LogP contribution in [0.5, 0.6) is 0 Å². The lowest BCUT2D eigenvalue weighted by Gasteiger charge is -2.48. The van der Waals surface area contributed by atoms with E-state index in [1.54, 1.807) is 0 Å². The van der Waals surface area contributed by atoms with E-state index in [0.717, 1.165) is 63.6 Å². The van der Waals surface area contributed by atoms with E-state index in [2.05, 4.69) is 71.5 Å². The standard InChI is InChI=1S/C31H46N6O/c1-30(15-17-31(18-16-30,24-35(2)3)26-12-5-4-6-13-26)23-37(29(38)33-22-25-10-9-11-25)27-14-19-32-28(34-27)36-20-7-8-21-36/h4-6,12-14,19,25H,7-11,15-18,20-24H2,1-3H3,(H,33,38). The van der Waals surface area contributed by atoms with Crippen LogP contribution in [-0.4, -0.2) is 67.7 Å². The predicted molar refractivity (Wildman–Crippen MR) is 155 cm³/mol. The van der Waals surface area contributed by atoms with E-state index in [4.69, 9.17) is 4.98 Å². The second kappa shape index (κ2) is 11.6. The first-order valence-electron chi connectivity index (χ1n) is 14.7. The van der Waals surface area contributed by atoms with Crippen molar-refractivity contribution in [2.75, 3.05) is 56.6 Å². The fraction of sp³-hybridized carbons (Fsp3) is 0.645. The quantitative estimate of drug-likeness (QED) is 0.477. The van der Waals surface area contributed by atoms with Crippen molar-refractivity contribution in [2.24, 2.45) is 11.3 Å². The molecule has 2 saturated carbocycles. The smallest absolute Gasteiger partial charge is 0.323 e. The SMILES string of the molecule is CN(C)CC1(c2ccccc2)CCC(C)(CN(C(=O)NCC2CCC2)c2ccnc(N3CCCC3)n2)CC1. The summed E-state index contributed by atoms with van der Waals surface area (Å²) in [6, 6.07) is 12.9. The number of anilines is 2. The Kier molecular flexibility index (Phi) is 8.22. The lowest BCUT2D eigenvalue weighted by molar-refractivity contribution is 0.124. The Morgan fingerprint density at radius 3 is 2.34 bits per heavy atom. The fourth-order valence-corrected chi connectivity index (χ4v) is 6.65. The van der Waals surface area contributed by atoms with E-state index in [1.807, 2.05) is 17.2 Å². The van der Waals surface area contributed by atoms with Gasteiger partial charge in [0, 0.05) is 44.3 Å². The second-order valence-electron chi connectivity index (χ2n) is 12.7. The number of likely N-dealkylation sites (N-methyl/N-ethyl adjacent to an activating group) is 1. The van der Waals surface area contributed by atoms with E-state index in [0.29, 0.717) is 12.5 Å². The minimum Gasteiger partial charge on any atom is -0.341 e. The highest BCUT2D eigenvalue weighted by molar-refractivity contribution is 5.91. The highest BCUT2D eigenvalue weighted by atomic mass is 16.2. The number of hydrogen-bond donors (Lipinski definition) is 1. The van der Waals surface area contributed by atoms with Crippen molar-refractivity contribution in [3.05, 3.63) is 48.2 Å². The van der Waals surface area contributed by atoms with Gasteiger partial charge in [-0.25, -0.2) is 9.78 Å². The van der Waals surface area contributed by atoms with Gasteiger partial charge in [0.25, 0.3) is 0 Å². The lowest BCUT2D eigenvalue weighted by atomic mass is 9.61. The third-order valence-corrected chi connectivity index (χ3v) is 9.26. The van der Waals surface area contributed by atoms with Gasteiger partial charge in [-0.2, -0.15) is 4.98 Å². The molecule has 2 heterocycles. The van der Waals surface area contributed by atoms with Gasteiger partial charge in [0.15, 0.2) is 0 Å². The third-order valence-electron chi connectivity index (χ3n) is 9.26. The Bertz CT molecular complexity index is 1060. The van der Waals surface area contributed by atoms with E-state index in [1.165, 1.54) is 37.7 Å². The average molecular weight is 519 g/mol. The van der Waals surface area contributed by atoms with Crippen molar-refractivity contribution in [3.8, 4) is 0 Å². The molecular weight excluding hydrogens is 472 g/mol. The van der Waals surface area contributed by atoms with E-state index >= 15 is 0 Å². The maximum absolute atomic E-state index is 13.7. The number of carbonyl (C=O) groups excluding carboxylic acids is 1. The van der Waals surface area contributed by atoms with Crippen LogP contribution in [0.25, 0.3) is 0 Å². The van der Waals surface area contributed by atoms with Crippen molar-refractivity contribution in [1.29, 1.82) is 0 Å². The Morgan fingerprint density at radius 1 is 1.00 bits per heavy atom. The summed E-state index contributed by atoms with van der Waals surface area (Å²) >= 11 is 0. The van der Waals surface area contributed by atoms with Gasteiger partial charge in [-0.3, -0.25) is 4.90 Å². The van der Waals surface area contributed by atoms with Gasteiger partial charge in [0.05, 0.1) is 0 Å². The van der Waals surface area contributed by atoms with Gasteiger partial charge >= 0.3 is 6.03 Å². The molecule has 1 aromatic heterocycles. The summed E-state index contributed by atoms with van der Waals surface area (Å²) in [5.41, 5.74) is 1.62. The van der Waals surface area contributed by atoms with E-state index < -0.39 is 0 Å². The summed E-state index contributed by atoms with van der Waals surface area (Å²) in [5.74, 6) is 2.09. The van der Waals surface area contributed by atoms with E-state index in [9.17, 15) is 4.79 Å². The van der Waals surface area contributed by atoms with Crippen LogP contribution < -0.4 is 15.1 Å². The maximum atomic E-state index is 13.7. The number of hydrogen-bond acceptors (Lipinski definition) is 5. The summed E-state index contributed by atoms with van der Waals surface area (Å²) in [4.78, 5) is 29.6. The molecule has 1 aromatic carbocycles. The largest absolute Gasteiger partial charge is 0.341 e. The highest BCUT2D eigenvalue weighted by Gasteiger charge is 2.43. The number of urea groups is 1. The first-order chi connectivity index (χ1) is 18.4. The molecule has 3 aliphatic rings. The molecule has 2 aromatic rings. The lowest BCUT2D eigenvalue weighted by Crippen LogP contribution is -2.50. The molecule has 2 amide bonds. The number of benzene rings is 1. The van der Waals surface area contributed by atoms with Gasteiger partial charge in [-0.05, 0) is 88.4 Å². The molecule has 7 heteroatoms. The number of amides is 2. The normalized spacial score (nSPS) is 25.8. The number of rotatable bonds is 9. The van der Waals surface area contributed by atoms with Crippen LogP contribution in [0.15, 0.2) is 42.6 Å². The zero-order chi connectivity index (χ0) is 26.6. The summed E-state index contributed by atoms with van der Waals surface area (Å²) in [7, 11) is 4.36. The zero-order valence-electron chi connectivity index (χ0n) is 23.7. The molecule has 0 spiro atoms. The van der Waals surface area contributed by atoms with Gasteiger partial charge in [-0.1, -0.05) is 43.7 Å². The topological polar surface area (TPSA) is 64.6 Å². The van der Waals surface area contributed by atoms with Gasteiger partial charge < -0.3 is 15.1 Å². The zero-order valence-corrected chi connectivity index (χ0v) is 23.7. The minimum absolute atomic E-state index is 0.0163. The van der Waals surface area contributed by atoms with E-state index in [-0.39, 0.29) is 16.9 Å². The van der Waals surface area contributed by atoms with Crippen LogP contribution in [0, 0.1) is 11.3 Å². The number of carbonyl (C=O) groups is 1. The Balaban J connectivity index is 1.35. The number of aromatic nitrogens is 2. The summed E-state index contributed by atoms with van der Waals surface area (Å²) in [6.45, 7) is 6.82. The molecule has 1 N–H and O–H groups in total. The molecule has 38 heavy (non-hydrogen) atoms. The molecule has 3 fully saturated rings. The third kappa shape index (κ3) is 6.14. The monoisotopic (exact) mass is 518 g/mol. The first-order valence-corrected chi connectivity index (χ1v) is 14.7. The minimum atomic E-state index is -0.0163. The van der Waals surface area contributed by atoms with Crippen molar-refractivity contribution < 1.29 is 4.79 Å². The molecule has 206 valence electrons. The fourth-order valence-electron chi connectivity index (χ4n) is 6.65. The molecule has 1 aliphatic heterocycles. The summed E-state index contributed by atoms with van der Waals surface area (Å²) in [5, 5.41) is 3.25. The number of nitrogens with zero attached hydrogens (tertiary/aromatic N) is 5. The highest BCUT2D eigenvalue weighted by Crippen LogP contribution is 2.48. The first kappa shape index (κ1) is 26.9. The Hall–Kier alpha value is -2.67. The van der Waals surface area contributed by atoms with Crippen molar-refractivity contribution in [2.45, 2.75) is 70.1 Å². The van der Waals surface area contributed by atoms with Crippen molar-refractivity contribution in [1.82, 2.24) is 20.2 Å².